The Balaban J connectivity index is 2.64. The first-order valence-electron chi connectivity index (χ1n) is 4.97. The molecular formula is C11H10BrClFN3. The van der Waals surface area contributed by atoms with E-state index < -0.39 is 5.82 Å². The molecule has 0 aromatic carbocycles. The van der Waals surface area contributed by atoms with Crippen molar-refractivity contribution in [1.82, 2.24) is 14.8 Å². The van der Waals surface area contributed by atoms with Crippen LogP contribution in [0.15, 0.2) is 16.7 Å². The SMILES string of the molecule is Cc1nn(-c2nccc(CCl)c2F)c(C)c1Br. The molecule has 0 spiro atoms. The molecule has 0 aliphatic heterocycles. The number of halogens is 3. The highest BCUT2D eigenvalue weighted by Crippen LogP contribution is 2.24. The van der Waals surface area contributed by atoms with Crippen molar-refractivity contribution in [3.63, 3.8) is 0 Å². The quantitative estimate of drug-likeness (QED) is 0.793. The van der Waals surface area contributed by atoms with Gasteiger partial charge in [0.05, 0.1) is 21.7 Å². The maximum absolute atomic E-state index is 14.1. The Kier molecular flexibility index (Phi) is 3.49. The molecule has 0 saturated carbocycles. The smallest absolute Gasteiger partial charge is 0.190 e. The molecule has 0 fully saturated rings. The molecule has 0 amide bonds. The summed E-state index contributed by atoms with van der Waals surface area (Å²) in [5.41, 5.74) is 2.01. The van der Waals surface area contributed by atoms with E-state index >= 15 is 0 Å². The number of pyridine rings is 1. The van der Waals surface area contributed by atoms with Gasteiger partial charge in [-0.25, -0.2) is 14.1 Å². The largest absolute Gasteiger partial charge is 0.235 e. The summed E-state index contributed by atoms with van der Waals surface area (Å²) in [6.45, 7) is 3.69. The monoisotopic (exact) mass is 317 g/mol. The molecule has 6 heteroatoms. The van der Waals surface area contributed by atoms with Crippen molar-refractivity contribution in [2.75, 3.05) is 0 Å². The van der Waals surface area contributed by atoms with Crippen molar-refractivity contribution >= 4 is 27.5 Å². The Bertz CT molecular complexity index is 568. The minimum atomic E-state index is -0.430. The summed E-state index contributed by atoms with van der Waals surface area (Å²) in [5.74, 6) is -0.142. The predicted octanol–water partition coefficient (Wildman–Crippen LogP) is 3.52. The van der Waals surface area contributed by atoms with E-state index in [1.807, 2.05) is 13.8 Å². The van der Waals surface area contributed by atoms with Crippen LogP contribution in [0, 0.1) is 19.7 Å². The van der Waals surface area contributed by atoms with Crippen LogP contribution in [-0.2, 0) is 5.88 Å². The molecule has 3 nitrogen and oxygen atoms in total. The Labute approximate surface area is 112 Å². The van der Waals surface area contributed by atoms with Crippen LogP contribution in [0.1, 0.15) is 17.0 Å². The average Bonchev–Trinajstić information content (AvgIpc) is 2.57. The van der Waals surface area contributed by atoms with Crippen LogP contribution in [0.25, 0.3) is 5.82 Å². The minimum absolute atomic E-state index is 0.113. The number of alkyl halides is 1. The van der Waals surface area contributed by atoms with E-state index in [9.17, 15) is 4.39 Å². The van der Waals surface area contributed by atoms with Gasteiger partial charge in [-0.2, -0.15) is 5.10 Å². The molecule has 0 N–H and O–H groups in total. The van der Waals surface area contributed by atoms with E-state index in [0.717, 1.165) is 15.9 Å². The molecule has 0 unspecified atom stereocenters. The molecule has 0 radical (unpaired) electrons. The van der Waals surface area contributed by atoms with Crippen LogP contribution in [0.3, 0.4) is 0 Å². The Hall–Kier alpha value is -0.940. The zero-order chi connectivity index (χ0) is 12.6. The second kappa shape index (κ2) is 4.74. The third-order valence-corrected chi connectivity index (χ3v) is 3.93. The molecule has 0 saturated heterocycles. The fraction of sp³-hybridized carbons (Fsp3) is 0.273. The van der Waals surface area contributed by atoms with E-state index in [1.54, 1.807) is 6.07 Å². The zero-order valence-electron chi connectivity index (χ0n) is 9.34. The summed E-state index contributed by atoms with van der Waals surface area (Å²) in [6, 6.07) is 1.56. The molecule has 17 heavy (non-hydrogen) atoms. The highest BCUT2D eigenvalue weighted by atomic mass is 79.9. The summed E-state index contributed by atoms with van der Waals surface area (Å²) < 4.78 is 16.4. The van der Waals surface area contributed by atoms with E-state index in [-0.39, 0.29) is 11.7 Å². The van der Waals surface area contributed by atoms with Gasteiger partial charge in [0.2, 0.25) is 0 Å². The molecule has 0 bridgehead atoms. The third kappa shape index (κ3) is 2.09. The maximum atomic E-state index is 14.1. The van der Waals surface area contributed by atoms with Crippen LogP contribution in [0.5, 0.6) is 0 Å². The fourth-order valence-electron chi connectivity index (χ4n) is 1.55. The van der Waals surface area contributed by atoms with Gasteiger partial charge in [-0.1, -0.05) is 0 Å². The van der Waals surface area contributed by atoms with Crippen LogP contribution in [0.4, 0.5) is 4.39 Å². The third-order valence-electron chi connectivity index (χ3n) is 2.50. The lowest BCUT2D eigenvalue weighted by Crippen LogP contribution is -2.06. The number of aromatic nitrogens is 3. The van der Waals surface area contributed by atoms with Crippen LogP contribution in [-0.4, -0.2) is 14.8 Å². The number of aryl methyl sites for hydroxylation is 1. The van der Waals surface area contributed by atoms with E-state index in [0.29, 0.717) is 5.56 Å². The Morgan fingerprint density at radius 1 is 1.47 bits per heavy atom. The molecule has 0 aliphatic carbocycles. The Morgan fingerprint density at radius 3 is 2.71 bits per heavy atom. The molecule has 2 heterocycles. The molecule has 0 aliphatic rings. The topological polar surface area (TPSA) is 30.7 Å². The fourth-order valence-corrected chi connectivity index (χ4v) is 2.01. The molecule has 2 aromatic heterocycles. The van der Waals surface area contributed by atoms with Gasteiger partial charge in [-0.05, 0) is 35.8 Å². The van der Waals surface area contributed by atoms with Gasteiger partial charge < -0.3 is 0 Å². The van der Waals surface area contributed by atoms with Gasteiger partial charge in [-0.3, -0.25) is 0 Å². The van der Waals surface area contributed by atoms with Crippen LogP contribution in [0.2, 0.25) is 0 Å². The second-order valence-corrected chi connectivity index (χ2v) is 4.70. The summed E-state index contributed by atoms with van der Waals surface area (Å²) in [7, 11) is 0. The van der Waals surface area contributed by atoms with Gasteiger partial charge in [0.25, 0.3) is 0 Å². The van der Waals surface area contributed by atoms with Crippen molar-refractivity contribution in [3.8, 4) is 5.82 Å². The first kappa shape index (κ1) is 12.5. The number of nitrogens with zero attached hydrogens (tertiary/aromatic N) is 3. The number of hydrogen-bond donors (Lipinski definition) is 0. The van der Waals surface area contributed by atoms with E-state index in [4.69, 9.17) is 11.6 Å². The predicted molar refractivity (Wildman–Crippen MR) is 68.0 cm³/mol. The summed E-state index contributed by atoms with van der Waals surface area (Å²) in [5, 5.41) is 4.24. The van der Waals surface area contributed by atoms with Gasteiger partial charge in [0.15, 0.2) is 11.6 Å². The van der Waals surface area contributed by atoms with Crippen LogP contribution < -0.4 is 0 Å². The molecular weight excluding hydrogens is 308 g/mol. The molecule has 2 aromatic rings. The first-order valence-corrected chi connectivity index (χ1v) is 6.30. The van der Waals surface area contributed by atoms with Gasteiger partial charge in [-0.15, -0.1) is 11.6 Å². The van der Waals surface area contributed by atoms with Crippen molar-refractivity contribution < 1.29 is 4.39 Å². The lowest BCUT2D eigenvalue weighted by atomic mass is 10.3. The first-order chi connectivity index (χ1) is 8.06. The highest BCUT2D eigenvalue weighted by molar-refractivity contribution is 9.10. The summed E-state index contributed by atoms with van der Waals surface area (Å²) in [6.07, 6.45) is 1.53. The Morgan fingerprint density at radius 2 is 2.18 bits per heavy atom. The van der Waals surface area contributed by atoms with Crippen molar-refractivity contribution in [2.45, 2.75) is 19.7 Å². The maximum Gasteiger partial charge on any atom is 0.190 e. The van der Waals surface area contributed by atoms with Crippen LogP contribution >= 0.6 is 27.5 Å². The van der Waals surface area contributed by atoms with E-state index in [2.05, 4.69) is 26.0 Å². The normalized spacial score (nSPS) is 10.9. The minimum Gasteiger partial charge on any atom is -0.235 e. The zero-order valence-corrected chi connectivity index (χ0v) is 11.7. The van der Waals surface area contributed by atoms with Crippen molar-refractivity contribution in [2.24, 2.45) is 0 Å². The summed E-state index contributed by atoms with van der Waals surface area (Å²) in [4.78, 5) is 4.02. The molecule has 0 atom stereocenters. The standard InChI is InChI=1S/C11H10BrClFN3/c1-6-9(12)7(2)17(16-6)11-10(14)8(5-13)3-4-15-11/h3-4H,5H2,1-2H3. The van der Waals surface area contributed by atoms with Gasteiger partial charge in [0, 0.05) is 11.8 Å². The van der Waals surface area contributed by atoms with Gasteiger partial charge >= 0.3 is 0 Å². The second-order valence-electron chi connectivity index (χ2n) is 3.64. The van der Waals surface area contributed by atoms with Crippen molar-refractivity contribution in [3.05, 3.63) is 39.5 Å². The van der Waals surface area contributed by atoms with E-state index in [1.165, 1.54) is 10.9 Å². The lowest BCUT2D eigenvalue weighted by Gasteiger charge is -2.06. The number of hydrogen-bond acceptors (Lipinski definition) is 2. The molecule has 90 valence electrons. The highest BCUT2D eigenvalue weighted by Gasteiger charge is 2.16. The lowest BCUT2D eigenvalue weighted by molar-refractivity contribution is 0.587. The molecule has 2 rings (SSSR count). The van der Waals surface area contributed by atoms with Crippen molar-refractivity contribution in [1.29, 1.82) is 0 Å². The summed E-state index contributed by atoms with van der Waals surface area (Å²) >= 11 is 9.06. The number of rotatable bonds is 2. The van der Waals surface area contributed by atoms with Gasteiger partial charge in [0.1, 0.15) is 0 Å². The average molecular weight is 319 g/mol.